The fourth-order valence-electron chi connectivity index (χ4n) is 2.99. The third-order valence-electron chi connectivity index (χ3n) is 4.19. The quantitative estimate of drug-likeness (QED) is 0.814. The Balaban J connectivity index is 1.91. The number of amides is 1. The molecule has 0 radical (unpaired) electrons. The molecule has 3 rings (SSSR count). The van der Waals surface area contributed by atoms with E-state index in [1.165, 1.54) is 25.3 Å². The summed E-state index contributed by atoms with van der Waals surface area (Å²) in [5.74, 6) is 0.699. The molecule has 126 valence electrons. The monoisotopic (exact) mass is 326 g/mol. The first kappa shape index (κ1) is 16.2. The molecule has 0 saturated heterocycles. The summed E-state index contributed by atoms with van der Waals surface area (Å²) in [6.07, 6.45) is 7.37. The van der Waals surface area contributed by atoms with E-state index in [1.807, 2.05) is 18.2 Å². The highest BCUT2D eigenvalue weighted by Gasteiger charge is 2.18. The summed E-state index contributed by atoms with van der Waals surface area (Å²) in [6.45, 7) is 5.23. The summed E-state index contributed by atoms with van der Waals surface area (Å²) in [5, 5.41) is 14.4. The molecule has 0 spiro atoms. The second kappa shape index (κ2) is 7.29. The first-order valence-corrected chi connectivity index (χ1v) is 8.30. The van der Waals surface area contributed by atoms with E-state index in [4.69, 9.17) is 4.42 Å². The molecule has 1 aliphatic rings. The fraction of sp³-hybridized carbons (Fsp3) is 0.389. The molecule has 1 fully saturated rings. The highest BCUT2D eigenvalue weighted by Crippen LogP contribution is 2.32. The van der Waals surface area contributed by atoms with Crippen LogP contribution in [0.5, 0.6) is 0 Å². The average Bonchev–Trinajstić information content (AvgIpc) is 3.03. The second-order valence-electron chi connectivity index (χ2n) is 6.06. The Bertz CT molecular complexity index is 732. The first-order valence-electron chi connectivity index (χ1n) is 8.30. The van der Waals surface area contributed by atoms with Crippen LogP contribution in [0.25, 0.3) is 11.5 Å². The molecule has 0 aliphatic heterocycles. The van der Waals surface area contributed by atoms with E-state index < -0.39 is 0 Å². The van der Waals surface area contributed by atoms with Crippen molar-refractivity contribution in [1.29, 1.82) is 0 Å². The third-order valence-corrected chi connectivity index (χ3v) is 4.19. The van der Waals surface area contributed by atoms with Gasteiger partial charge in [0.05, 0.1) is 5.56 Å². The molecule has 2 N–H and O–H groups in total. The van der Waals surface area contributed by atoms with E-state index in [-0.39, 0.29) is 5.91 Å². The van der Waals surface area contributed by atoms with Crippen molar-refractivity contribution < 1.29 is 9.21 Å². The van der Waals surface area contributed by atoms with E-state index in [0.717, 1.165) is 24.1 Å². The molecule has 1 aliphatic carbocycles. The Morgan fingerprint density at radius 1 is 1.29 bits per heavy atom. The van der Waals surface area contributed by atoms with E-state index >= 15 is 0 Å². The highest BCUT2D eigenvalue weighted by molar-refractivity contribution is 5.99. The lowest BCUT2D eigenvalue weighted by molar-refractivity contribution is -0.111. The van der Waals surface area contributed by atoms with Gasteiger partial charge in [-0.1, -0.05) is 25.8 Å². The number of nitrogens with one attached hydrogen (secondary N) is 2. The van der Waals surface area contributed by atoms with E-state index in [1.54, 1.807) is 6.92 Å². The van der Waals surface area contributed by atoms with Gasteiger partial charge in [-0.05, 0) is 37.1 Å². The summed E-state index contributed by atoms with van der Waals surface area (Å²) in [5.41, 5.74) is 2.41. The number of nitrogens with zero attached hydrogens (tertiary/aromatic N) is 2. The Kier molecular flexibility index (Phi) is 4.93. The molecule has 1 aromatic carbocycles. The fourth-order valence-corrected chi connectivity index (χ4v) is 2.99. The number of hydrogen-bond acceptors (Lipinski definition) is 5. The highest BCUT2D eigenvalue weighted by atomic mass is 16.4. The number of benzene rings is 1. The maximum absolute atomic E-state index is 11.5. The summed E-state index contributed by atoms with van der Waals surface area (Å²) in [4.78, 5) is 11.5. The maximum atomic E-state index is 11.5. The van der Waals surface area contributed by atoms with Crippen LogP contribution < -0.4 is 10.6 Å². The van der Waals surface area contributed by atoms with Gasteiger partial charge in [-0.25, -0.2) is 0 Å². The number of anilines is 2. The lowest BCUT2D eigenvalue weighted by Gasteiger charge is -2.25. The average molecular weight is 326 g/mol. The topological polar surface area (TPSA) is 80.0 Å². The van der Waals surface area contributed by atoms with Gasteiger partial charge >= 0.3 is 0 Å². The van der Waals surface area contributed by atoms with Crippen molar-refractivity contribution >= 4 is 17.3 Å². The molecule has 24 heavy (non-hydrogen) atoms. The van der Waals surface area contributed by atoms with Crippen molar-refractivity contribution in [3.8, 4) is 11.5 Å². The van der Waals surface area contributed by atoms with Crippen LogP contribution in [0.1, 0.15) is 38.0 Å². The Labute approximate surface area is 141 Å². The normalized spacial score (nSPS) is 15.0. The molecule has 6 nitrogen and oxygen atoms in total. The van der Waals surface area contributed by atoms with Crippen molar-refractivity contribution in [2.45, 2.75) is 45.1 Å². The first-order chi connectivity index (χ1) is 11.7. The molecule has 0 unspecified atom stereocenters. The van der Waals surface area contributed by atoms with Gasteiger partial charge in [0, 0.05) is 24.3 Å². The third kappa shape index (κ3) is 3.82. The van der Waals surface area contributed by atoms with Crippen LogP contribution in [0.3, 0.4) is 0 Å². The molecule has 0 bridgehead atoms. The standard InChI is InChI=1S/C18H22N4O2/c1-3-17(23)20-14-9-10-16(19-13-7-5-4-6-8-13)15(11-14)18-22-21-12(2)24-18/h3,9-11,13,19H,1,4-8H2,2H3,(H,20,23). The molecule has 6 heteroatoms. The van der Waals surface area contributed by atoms with Crippen LogP contribution in [0.15, 0.2) is 35.3 Å². The zero-order valence-corrected chi connectivity index (χ0v) is 13.8. The van der Waals surface area contributed by atoms with Crippen LogP contribution in [-0.2, 0) is 4.79 Å². The molecule has 1 amide bonds. The van der Waals surface area contributed by atoms with Crippen molar-refractivity contribution in [2.24, 2.45) is 0 Å². The number of hydrogen-bond donors (Lipinski definition) is 2. The maximum Gasteiger partial charge on any atom is 0.249 e. The summed E-state index contributed by atoms with van der Waals surface area (Å²) >= 11 is 0. The van der Waals surface area contributed by atoms with Crippen LogP contribution in [-0.4, -0.2) is 22.1 Å². The second-order valence-corrected chi connectivity index (χ2v) is 6.06. The predicted octanol–water partition coefficient (Wildman–Crippen LogP) is 3.91. The Morgan fingerprint density at radius 3 is 2.75 bits per heavy atom. The number of carbonyl (C=O) groups excluding carboxylic acids is 1. The molecule has 1 saturated carbocycles. The van der Waals surface area contributed by atoms with Crippen LogP contribution >= 0.6 is 0 Å². The largest absolute Gasteiger partial charge is 0.421 e. The molecule has 2 aromatic rings. The van der Waals surface area contributed by atoms with Crippen LogP contribution in [0, 0.1) is 6.92 Å². The van der Waals surface area contributed by atoms with E-state index in [0.29, 0.717) is 23.5 Å². The van der Waals surface area contributed by atoms with Crippen molar-refractivity contribution in [1.82, 2.24) is 10.2 Å². The molecular weight excluding hydrogens is 304 g/mol. The van der Waals surface area contributed by atoms with Gasteiger partial charge < -0.3 is 15.1 Å². The molecule has 1 heterocycles. The minimum absolute atomic E-state index is 0.254. The van der Waals surface area contributed by atoms with E-state index in [2.05, 4.69) is 27.4 Å². The minimum Gasteiger partial charge on any atom is -0.421 e. The Morgan fingerprint density at radius 2 is 2.08 bits per heavy atom. The zero-order chi connectivity index (χ0) is 16.9. The molecule has 0 atom stereocenters. The van der Waals surface area contributed by atoms with Crippen molar-refractivity contribution in [3.63, 3.8) is 0 Å². The minimum atomic E-state index is -0.254. The lowest BCUT2D eigenvalue weighted by atomic mass is 9.95. The predicted molar refractivity (Wildman–Crippen MR) is 93.8 cm³/mol. The Hall–Kier alpha value is -2.63. The van der Waals surface area contributed by atoms with Crippen LogP contribution in [0.2, 0.25) is 0 Å². The number of aromatic nitrogens is 2. The molecule has 1 aromatic heterocycles. The van der Waals surface area contributed by atoms with Crippen molar-refractivity contribution in [2.75, 3.05) is 10.6 Å². The summed E-state index contributed by atoms with van der Waals surface area (Å²) in [7, 11) is 0. The number of aryl methyl sites for hydroxylation is 1. The molecular formula is C18H22N4O2. The van der Waals surface area contributed by atoms with Gasteiger partial charge in [0.25, 0.3) is 0 Å². The zero-order valence-electron chi connectivity index (χ0n) is 13.8. The van der Waals surface area contributed by atoms with Gasteiger partial charge in [0.1, 0.15) is 0 Å². The van der Waals surface area contributed by atoms with Gasteiger partial charge in [-0.2, -0.15) is 0 Å². The summed E-state index contributed by atoms with van der Waals surface area (Å²) < 4.78 is 5.59. The van der Waals surface area contributed by atoms with E-state index in [9.17, 15) is 4.79 Å². The van der Waals surface area contributed by atoms with Gasteiger partial charge in [-0.3, -0.25) is 4.79 Å². The van der Waals surface area contributed by atoms with Crippen LogP contribution in [0.4, 0.5) is 11.4 Å². The number of rotatable bonds is 5. The van der Waals surface area contributed by atoms with Gasteiger partial charge in [0.15, 0.2) is 0 Å². The van der Waals surface area contributed by atoms with Crippen molar-refractivity contribution in [3.05, 3.63) is 36.7 Å². The van der Waals surface area contributed by atoms with Gasteiger partial charge in [-0.15, -0.1) is 10.2 Å². The number of carbonyl (C=O) groups is 1. The smallest absolute Gasteiger partial charge is 0.249 e. The SMILES string of the molecule is C=CC(=O)Nc1ccc(NC2CCCCC2)c(-c2nnc(C)o2)c1. The van der Waals surface area contributed by atoms with Gasteiger partial charge in [0.2, 0.25) is 17.7 Å². The lowest BCUT2D eigenvalue weighted by Crippen LogP contribution is -2.22. The summed E-state index contributed by atoms with van der Waals surface area (Å²) in [6, 6.07) is 6.11.